The minimum atomic E-state index is -2.61. The third kappa shape index (κ3) is 6.35. The summed E-state index contributed by atoms with van der Waals surface area (Å²) in [5.41, 5.74) is 4.25. The smallest absolute Gasteiger partial charge is 0.443 e. The lowest BCUT2D eigenvalue weighted by Crippen LogP contribution is -2.43. The molecule has 0 rings (SSSR count). The van der Waals surface area contributed by atoms with Gasteiger partial charge in [0.25, 0.3) is 0 Å². The summed E-state index contributed by atoms with van der Waals surface area (Å²) in [6.45, 7) is 1.66. The SMILES string of the molecule is CO[Si](CCCC(C)(CCO)OC(N)=O)(OC)OC. The third-order valence-electron chi connectivity index (χ3n) is 3.11. The topological polar surface area (TPSA) is 100 Å². The largest absolute Gasteiger partial charge is 0.500 e. The first-order chi connectivity index (χ1) is 8.87. The van der Waals surface area contributed by atoms with Crippen molar-refractivity contribution in [1.29, 1.82) is 0 Å². The Kier molecular flexibility index (Phi) is 8.19. The van der Waals surface area contributed by atoms with Crippen LogP contribution in [-0.2, 0) is 18.0 Å². The fourth-order valence-corrected chi connectivity index (χ4v) is 3.66. The zero-order valence-corrected chi connectivity index (χ0v) is 13.1. The number of primary amides is 1. The highest BCUT2D eigenvalue weighted by Crippen LogP contribution is 2.26. The maximum atomic E-state index is 10.9. The summed E-state index contributed by atoms with van der Waals surface area (Å²) < 4.78 is 21.0. The second-order valence-electron chi connectivity index (χ2n) is 4.49. The maximum absolute atomic E-state index is 10.9. The first-order valence-electron chi connectivity index (χ1n) is 6.12. The Morgan fingerprint density at radius 3 is 2.11 bits per heavy atom. The highest BCUT2D eigenvalue weighted by atomic mass is 28.4. The number of aliphatic hydroxyl groups excluding tert-OH is 1. The van der Waals surface area contributed by atoms with Crippen molar-refractivity contribution in [1.82, 2.24) is 0 Å². The zero-order valence-electron chi connectivity index (χ0n) is 12.1. The number of rotatable bonds is 10. The average molecular weight is 295 g/mol. The molecule has 1 atom stereocenters. The Hall–Kier alpha value is -0.673. The van der Waals surface area contributed by atoms with E-state index in [1.807, 2.05) is 0 Å². The van der Waals surface area contributed by atoms with Gasteiger partial charge in [0.2, 0.25) is 0 Å². The van der Waals surface area contributed by atoms with Crippen molar-refractivity contribution in [3.8, 4) is 0 Å². The molecule has 114 valence electrons. The van der Waals surface area contributed by atoms with Crippen LogP contribution in [0.2, 0.25) is 6.04 Å². The van der Waals surface area contributed by atoms with Gasteiger partial charge in [0, 0.05) is 40.4 Å². The molecule has 0 bridgehead atoms. The zero-order chi connectivity index (χ0) is 14.9. The standard InChI is InChI=1S/C11H25NO6Si/c1-11(7-8-13,18-10(12)14)6-5-9-19(15-2,16-3)17-4/h13H,5-9H2,1-4H3,(H2,12,14). The van der Waals surface area contributed by atoms with Gasteiger partial charge in [-0.2, -0.15) is 0 Å². The fraction of sp³-hybridized carbons (Fsp3) is 0.909. The molecule has 0 fully saturated rings. The van der Waals surface area contributed by atoms with Crippen LogP contribution < -0.4 is 5.73 Å². The molecule has 1 amide bonds. The summed E-state index contributed by atoms with van der Waals surface area (Å²) in [6, 6.07) is 0.597. The van der Waals surface area contributed by atoms with Gasteiger partial charge >= 0.3 is 14.9 Å². The molecule has 0 aliphatic rings. The van der Waals surface area contributed by atoms with E-state index < -0.39 is 20.5 Å². The first kappa shape index (κ1) is 18.3. The summed E-state index contributed by atoms with van der Waals surface area (Å²) in [5.74, 6) is 0. The van der Waals surface area contributed by atoms with Crippen molar-refractivity contribution in [3.63, 3.8) is 0 Å². The average Bonchev–Trinajstić information content (AvgIpc) is 2.34. The fourth-order valence-electron chi connectivity index (χ4n) is 1.94. The van der Waals surface area contributed by atoms with Crippen molar-refractivity contribution < 1.29 is 27.9 Å². The van der Waals surface area contributed by atoms with E-state index >= 15 is 0 Å². The van der Waals surface area contributed by atoms with Gasteiger partial charge < -0.3 is 28.9 Å². The number of hydrogen-bond acceptors (Lipinski definition) is 6. The van der Waals surface area contributed by atoms with Crippen molar-refractivity contribution in [3.05, 3.63) is 0 Å². The normalized spacial score (nSPS) is 15.0. The molecule has 19 heavy (non-hydrogen) atoms. The molecule has 8 heteroatoms. The van der Waals surface area contributed by atoms with Gasteiger partial charge in [-0.15, -0.1) is 0 Å². The van der Waals surface area contributed by atoms with E-state index in [1.165, 1.54) is 0 Å². The number of carbonyl (C=O) groups is 1. The number of hydrogen-bond donors (Lipinski definition) is 2. The lowest BCUT2D eigenvalue weighted by atomic mass is 9.97. The Labute approximate surface area is 115 Å². The van der Waals surface area contributed by atoms with Crippen LogP contribution in [0.5, 0.6) is 0 Å². The molecule has 3 N–H and O–H groups in total. The lowest BCUT2D eigenvalue weighted by molar-refractivity contribution is 0.00467. The molecule has 0 aliphatic heterocycles. The van der Waals surface area contributed by atoms with Crippen LogP contribution >= 0.6 is 0 Å². The summed E-state index contributed by atoms with van der Waals surface area (Å²) in [7, 11) is 2.03. The van der Waals surface area contributed by atoms with Crippen LogP contribution in [0.4, 0.5) is 4.79 Å². The summed E-state index contributed by atoms with van der Waals surface area (Å²) in [5, 5.41) is 9.01. The number of amides is 1. The van der Waals surface area contributed by atoms with Gasteiger partial charge in [-0.05, 0) is 19.8 Å². The van der Waals surface area contributed by atoms with E-state index in [-0.39, 0.29) is 6.61 Å². The number of nitrogens with two attached hydrogens (primary N) is 1. The second kappa shape index (κ2) is 8.49. The Morgan fingerprint density at radius 1 is 1.21 bits per heavy atom. The molecule has 0 saturated heterocycles. The highest BCUT2D eigenvalue weighted by Gasteiger charge is 2.38. The van der Waals surface area contributed by atoms with Gasteiger partial charge in [0.1, 0.15) is 5.60 Å². The molecule has 0 aromatic rings. The molecule has 0 aliphatic carbocycles. The Morgan fingerprint density at radius 2 is 1.74 bits per heavy atom. The van der Waals surface area contributed by atoms with E-state index in [0.29, 0.717) is 25.3 Å². The molecular formula is C11H25NO6Si. The Bertz CT molecular complexity index is 266. The maximum Gasteiger partial charge on any atom is 0.500 e. The van der Waals surface area contributed by atoms with Crippen molar-refractivity contribution in [2.24, 2.45) is 5.73 Å². The molecule has 0 heterocycles. The second-order valence-corrected chi connectivity index (χ2v) is 7.58. The molecule has 7 nitrogen and oxygen atoms in total. The van der Waals surface area contributed by atoms with Crippen molar-refractivity contribution in [2.75, 3.05) is 27.9 Å². The van der Waals surface area contributed by atoms with Crippen LogP contribution in [0.3, 0.4) is 0 Å². The molecule has 0 radical (unpaired) electrons. The third-order valence-corrected chi connectivity index (χ3v) is 5.94. The van der Waals surface area contributed by atoms with Gasteiger partial charge in [-0.25, -0.2) is 4.79 Å². The molecule has 0 spiro atoms. The van der Waals surface area contributed by atoms with Gasteiger partial charge in [-0.1, -0.05) is 0 Å². The van der Waals surface area contributed by atoms with Crippen molar-refractivity contribution >= 4 is 14.9 Å². The predicted molar refractivity (Wildman–Crippen MR) is 71.6 cm³/mol. The van der Waals surface area contributed by atoms with E-state index in [2.05, 4.69) is 0 Å². The summed E-state index contributed by atoms with van der Waals surface area (Å²) >= 11 is 0. The molecule has 0 aromatic carbocycles. The van der Waals surface area contributed by atoms with Gasteiger partial charge in [0.05, 0.1) is 0 Å². The van der Waals surface area contributed by atoms with E-state index in [4.69, 9.17) is 28.9 Å². The van der Waals surface area contributed by atoms with Gasteiger partial charge in [0.15, 0.2) is 0 Å². The number of ether oxygens (including phenoxy) is 1. The molecular weight excluding hydrogens is 270 g/mol. The van der Waals surface area contributed by atoms with E-state index in [1.54, 1.807) is 28.3 Å². The quantitative estimate of drug-likeness (QED) is 0.580. The van der Waals surface area contributed by atoms with Crippen molar-refractivity contribution in [2.45, 2.75) is 37.8 Å². The predicted octanol–water partition coefficient (Wildman–Crippen LogP) is 0.881. The first-order valence-corrected chi connectivity index (χ1v) is 8.05. The van der Waals surface area contributed by atoms with Crippen LogP contribution in [0, 0.1) is 0 Å². The minimum absolute atomic E-state index is 0.0782. The minimum Gasteiger partial charge on any atom is -0.443 e. The van der Waals surface area contributed by atoms with E-state index in [9.17, 15) is 4.79 Å². The summed E-state index contributed by atoms with van der Waals surface area (Å²) in [4.78, 5) is 10.9. The van der Waals surface area contributed by atoms with Crippen LogP contribution in [0.1, 0.15) is 26.2 Å². The molecule has 0 aromatic heterocycles. The highest BCUT2D eigenvalue weighted by molar-refractivity contribution is 6.60. The monoisotopic (exact) mass is 295 g/mol. The Balaban J connectivity index is 4.43. The number of carbonyl (C=O) groups excluding carboxylic acids is 1. The molecule has 1 unspecified atom stereocenters. The van der Waals surface area contributed by atoms with E-state index in [0.717, 1.165) is 0 Å². The summed E-state index contributed by atoms with van der Waals surface area (Å²) in [6.07, 6.45) is 0.703. The van der Waals surface area contributed by atoms with Crippen LogP contribution in [0.25, 0.3) is 0 Å². The van der Waals surface area contributed by atoms with Crippen LogP contribution in [-0.4, -0.2) is 53.5 Å². The lowest BCUT2D eigenvalue weighted by Gasteiger charge is -2.30. The molecule has 0 saturated carbocycles. The van der Waals surface area contributed by atoms with Crippen LogP contribution in [0.15, 0.2) is 0 Å². The number of aliphatic hydroxyl groups is 1. The van der Waals surface area contributed by atoms with Gasteiger partial charge in [-0.3, -0.25) is 0 Å².